The van der Waals surface area contributed by atoms with Crippen LogP contribution >= 0.6 is 15.9 Å². The molecule has 1 amide bonds. The second-order valence-electron chi connectivity index (χ2n) is 5.80. The van der Waals surface area contributed by atoms with Crippen LogP contribution in [-0.2, 0) is 26.9 Å². The lowest BCUT2D eigenvalue weighted by Gasteiger charge is -2.12. The number of carbonyl (C=O) groups is 1. The highest BCUT2D eigenvalue weighted by molar-refractivity contribution is 9.10. The van der Waals surface area contributed by atoms with Crippen molar-refractivity contribution in [2.24, 2.45) is 0 Å². The highest BCUT2D eigenvalue weighted by Gasteiger charge is 2.18. The molecule has 0 aliphatic carbocycles. The van der Waals surface area contributed by atoms with Crippen molar-refractivity contribution >= 4 is 31.7 Å². The molecule has 2 aromatic carbocycles. The van der Waals surface area contributed by atoms with Gasteiger partial charge in [-0.3, -0.25) is 4.79 Å². The van der Waals surface area contributed by atoms with E-state index in [1.807, 2.05) is 0 Å². The minimum absolute atomic E-state index is 0.0468. The van der Waals surface area contributed by atoms with E-state index in [0.29, 0.717) is 11.1 Å². The number of halogens is 3. The van der Waals surface area contributed by atoms with Gasteiger partial charge in [0, 0.05) is 11.0 Å². The van der Waals surface area contributed by atoms with Crippen LogP contribution in [0.2, 0.25) is 0 Å². The quantitative estimate of drug-likeness (QED) is 0.599. The van der Waals surface area contributed by atoms with Gasteiger partial charge in [-0.1, -0.05) is 34.1 Å². The fourth-order valence-electron chi connectivity index (χ4n) is 2.40. The maximum atomic E-state index is 12.5. The zero-order chi connectivity index (χ0) is 20.7. The lowest BCUT2D eigenvalue weighted by molar-refractivity contribution is -0.118. The Morgan fingerprint density at radius 3 is 2.54 bits per heavy atom. The Bertz CT molecular complexity index is 937. The molecule has 0 saturated carbocycles. The summed E-state index contributed by atoms with van der Waals surface area (Å²) in [6.07, 6.45) is 0. The lowest BCUT2D eigenvalue weighted by Crippen LogP contribution is -2.30. The predicted octanol–water partition coefficient (Wildman–Crippen LogP) is 3.29. The number of nitrogens with one attached hydrogen (secondary N) is 1. The SMILES string of the molecule is COc1ccc(CNC(=O)CS(=O)(=O)Cc2cccc(Br)c2)cc1OC(F)F. The summed E-state index contributed by atoms with van der Waals surface area (Å²) in [5.41, 5.74) is 1.01. The standard InChI is InChI=1S/C18H18BrF2NO5S/c1-26-15-6-5-12(8-16(15)27-18(20)21)9-22-17(23)11-28(24,25)10-13-3-2-4-14(19)7-13/h2-8,18H,9-11H2,1H3,(H,22,23). The van der Waals surface area contributed by atoms with Crippen LogP contribution in [0.3, 0.4) is 0 Å². The van der Waals surface area contributed by atoms with Gasteiger partial charge in [-0.05, 0) is 35.4 Å². The largest absolute Gasteiger partial charge is 0.493 e. The molecule has 0 saturated heterocycles. The van der Waals surface area contributed by atoms with Gasteiger partial charge >= 0.3 is 6.61 Å². The van der Waals surface area contributed by atoms with Gasteiger partial charge in [-0.2, -0.15) is 8.78 Å². The van der Waals surface area contributed by atoms with Gasteiger partial charge in [0.15, 0.2) is 21.3 Å². The van der Waals surface area contributed by atoms with E-state index in [1.165, 1.54) is 19.2 Å². The number of rotatable bonds is 9. The highest BCUT2D eigenvalue weighted by Crippen LogP contribution is 2.29. The summed E-state index contributed by atoms with van der Waals surface area (Å²) in [5.74, 6) is -1.70. The molecule has 2 rings (SSSR count). The Kier molecular flexibility index (Phi) is 7.76. The number of sulfone groups is 1. The molecule has 0 atom stereocenters. The summed E-state index contributed by atoms with van der Waals surface area (Å²) in [6, 6.07) is 11.1. The first-order valence-electron chi connectivity index (χ1n) is 8.02. The van der Waals surface area contributed by atoms with Gasteiger partial charge in [-0.15, -0.1) is 0 Å². The minimum atomic E-state index is -3.67. The predicted molar refractivity (Wildman–Crippen MR) is 103 cm³/mol. The van der Waals surface area contributed by atoms with Gasteiger partial charge in [0.25, 0.3) is 0 Å². The van der Waals surface area contributed by atoms with Crippen molar-refractivity contribution in [2.75, 3.05) is 12.9 Å². The molecule has 0 fully saturated rings. The van der Waals surface area contributed by atoms with Crippen molar-refractivity contribution in [1.29, 1.82) is 0 Å². The van der Waals surface area contributed by atoms with E-state index in [9.17, 15) is 22.0 Å². The average Bonchev–Trinajstić information content (AvgIpc) is 2.58. The molecule has 152 valence electrons. The first-order valence-corrected chi connectivity index (χ1v) is 10.6. The van der Waals surface area contributed by atoms with E-state index in [4.69, 9.17) is 4.74 Å². The normalized spacial score (nSPS) is 11.3. The number of carbonyl (C=O) groups excluding carboxylic acids is 1. The van der Waals surface area contributed by atoms with Crippen LogP contribution in [0.15, 0.2) is 46.9 Å². The van der Waals surface area contributed by atoms with Crippen molar-refractivity contribution in [3.63, 3.8) is 0 Å². The van der Waals surface area contributed by atoms with Gasteiger partial charge < -0.3 is 14.8 Å². The van der Waals surface area contributed by atoms with Crippen molar-refractivity contribution in [2.45, 2.75) is 18.9 Å². The highest BCUT2D eigenvalue weighted by atomic mass is 79.9. The number of hydrogen-bond acceptors (Lipinski definition) is 5. The summed E-state index contributed by atoms with van der Waals surface area (Å²) in [6.45, 7) is -3.07. The molecule has 2 aromatic rings. The lowest BCUT2D eigenvalue weighted by atomic mass is 10.2. The molecule has 10 heteroatoms. The van der Waals surface area contributed by atoms with Gasteiger partial charge in [0.05, 0.1) is 12.9 Å². The van der Waals surface area contributed by atoms with Crippen LogP contribution in [0, 0.1) is 0 Å². The Morgan fingerprint density at radius 1 is 1.14 bits per heavy atom. The molecule has 0 spiro atoms. The Balaban J connectivity index is 1.96. The van der Waals surface area contributed by atoms with E-state index < -0.39 is 28.1 Å². The number of alkyl halides is 2. The van der Waals surface area contributed by atoms with E-state index in [0.717, 1.165) is 4.47 Å². The van der Waals surface area contributed by atoms with E-state index in [1.54, 1.807) is 30.3 Å². The van der Waals surface area contributed by atoms with Crippen molar-refractivity contribution < 1.29 is 31.5 Å². The van der Waals surface area contributed by atoms with Crippen LogP contribution in [-0.4, -0.2) is 33.8 Å². The van der Waals surface area contributed by atoms with E-state index in [-0.39, 0.29) is 23.8 Å². The third-order valence-electron chi connectivity index (χ3n) is 3.56. The molecule has 0 radical (unpaired) electrons. The van der Waals surface area contributed by atoms with Crippen LogP contribution in [0.4, 0.5) is 8.78 Å². The zero-order valence-electron chi connectivity index (χ0n) is 14.8. The smallest absolute Gasteiger partial charge is 0.387 e. The second-order valence-corrected chi connectivity index (χ2v) is 8.78. The third-order valence-corrected chi connectivity index (χ3v) is 5.53. The Labute approximate surface area is 169 Å². The second kappa shape index (κ2) is 9.83. The molecule has 0 heterocycles. The van der Waals surface area contributed by atoms with Crippen LogP contribution < -0.4 is 14.8 Å². The number of methoxy groups -OCH3 is 1. The molecule has 6 nitrogen and oxygen atoms in total. The molecule has 0 bridgehead atoms. The van der Waals surface area contributed by atoms with E-state index >= 15 is 0 Å². The molecular weight excluding hydrogens is 460 g/mol. The number of ether oxygens (including phenoxy) is 2. The average molecular weight is 478 g/mol. The maximum absolute atomic E-state index is 12.5. The monoisotopic (exact) mass is 477 g/mol. The summed E-state index contributed by atoms with van der Waals surface area (Å²) >= 11 is 3.26. The molecule has 0 aliphatic heterocycles. The Morgan fingerprint density at radius 2 is 1.89 bits per heavy atom. The van der Waals surface area contributed by atoms with Crippen molar-refractivity contribution in [1.82, 2.24) is 5.32 Å². The van der Waals surface area contributed by atoms with Gasteiger partial charge in [0.1, 0.15) is 5.75 Å². The Hall–Kier alpha value is -2.20. The summed E-state index contributed by atoms with van der Waals surface area (Å²) in [4.78, 5) is 12.0. The maximum Gasteiger partial charge on any atom is 0.387 e. The van der Waals surface area contributed by atoms with Crippen molar-refractivity contribution in [3.8, 4) is 11.5 Å². The van der Waals surface area contributed by atoms with E-state index in [2.05, 4.69) is 26.0 Å². The molecular formula is C18H18BrF2NO5S. The summed E-state index contributed by atoms with van der Waals surface area (Å²) in [5, 5.41) is 2.46. The number of benzene rings is 2. The van der Waals surface area contributed by atoms with Gasteiger partial charge in [-0.25, -0.2) is 8.42 Å². The first kappa shape index (κ1) is 22.1. The summed E-state index contributed by atoms with van der Waals surface area (Å²) < 4.78 is 59.3. The van der Waals surface area contributed by atoms with Gasteiger partial charge in [0.2, 0.25) is 5.91 Å². The molecule has 28 heavy (non-hydrogen) atoms. The molecule has 1 N–H and O–H groups in total. The van der Waals surface area contributed by atoms with Crippen molar-refractivity contribution in [3.05, 3.63) is 58.1 Å². The van der Waals surface area contributed by atoms with Crippen LogP contribution in [0.5, 0.6) is 11.5 Å². The first-order chi connectivity index (χ1) is 13.2. The molecule has 0 aromatic heterocycles. The summed E-state index contributed by atoms with van der Waals surface area (Å²) in [7, 11) is -2.36. The van der Waals surface area contributed by atoms with Crippen LogP contribution in [0.25, 0.3) is 0 Å². The number of amides is 1. The third kappa shape index (κ3) is 7.08. The zero-order valence-corrected chi connectivity index (χ0v) is 17.2. The fourth-order valence-corrected chi connectivity index (χ4v) is 4.14. The topological polar surface area (TPSA) is 81.7 Å². The molecule has 0 unspecified atom stereocenters. The number of hydrogen-bond donors (Lipinski definition) is 1. The minimum Gasteiger partial charge on any atom is -0.493 e. The molecule has 0 aliphatic rings. The fraction of sp³-hybridized carbons (Fsp3) is 0.278. The van der Waals surface area contributed by atoms with Crippen LogP contribution in [0.1, 0.15) is 11.1 Å².